The number of amides is 1. The van der Waals surface area contributed by atoms with Crippen molar-refractivity contribution >= 4 is 17.2 Å². The highest BCUT2D eigenvalue weighted by Crippen LogP contribution is 2.30. The summed E-state index contributed by atoms with van der Waals surface area (Å²) in [5.41, 5.74) is 0.543. The van der Waals surface area contributed by atoms with Gasteiger partial charge in [0.25, 0.3) is 5.91 Å². The fraction of sp³-hybridized carbons (Fsp3) is 0.350. The number of methoxy groups -OCH3 is 2. The lowest BCUT2D eigenvalue weighted by molar-refractivity contribution is 0.0695. The van der Waals surface area contributed by atoms with Crippen molar-refractivity contribution in [3.05, 3.63) is 47.2 Å². The van der Waals surface area contributed by atoms with Crippen molar-refractivity contribution in [3.63, 3.8) is 0 Å². The molecule has 0 saturated carbocycles. The molecule has 3 aromatic rings. The predicted molar refractivity (Wildman–Crippen MR) is 105 cm³/mol. The summed E-state index contributed by atoms with van der Waals surface area (Å²) in [6.45, 7) is 1.24. The smallest absolute Gasteiger partial charge is 0.254 e. The Hall–Kier alpha value is -2.87. The lowest BCUT2D eigenvalue weighted by Crippen LogP contribution is -2.39. The number of hydrogen-bond acceptors (Lipinski definition) is 7. The summed E-state index contributed by atoms with van der Waals surface area (Å²) in [6, 6.07) is 9.14. The third kappa shape index (κ3) is 3.73. The van der Waals surface area contributed by atoms with Crippen molar-refractivity contribution in [2.75, 3.05) is 27.3 Å². The second-order valence-electron chi connectivity index (χ2n) is 6.63. The van der Waals surface area contributed by atoms with Crippen molar-refractivity contribution in [1.29, 1.82) is 0 Å². The number of carbonyl (C=O) groups is 1. The molecule has 0 spiro atoms. The van der Waals surface area contributed by atoms with Crippen LogP contribution < -0.4 is 9.47 Å². The van der Waals surface area contributed by atoms with Crippen LogP contribution in [0.25, 0.3) is 10.7 Å². The van der Waals surface area contributed by atoms with Gasteiger partial charge in [0, 0.05) is 24.7 Å². The Bertz CT molecular complexity index is 932. The van der Waals surface area contributed by atoms with E-state index in [9.17, 15) is 4.79 Å². The Morgan fingerprint density at radius 1 is 1.25 bits per heavy atom. The minimum absolute atomic E-state index is 0.0337. The molecule has 8 heteroatoms. The molecule has 0 unspecified atom stereocenters. The van der Waals surface area contributed by atoms with Crippen LogP contribution in [0.1, 0.15) is 35.0 Å². The summed E-state index contributed by atoms with van der Waals surface area (Å²) in [7, 11) is 3.14. The van der Waals surface area contributed by atoms with Crippen molar-refractivity contribution in [3.8, 4) is 22.2 Å². The van der Waals surface area contributed by atoms with Gasteiger partial charge >= 0.3 is 0 Å². The van der Waals surface area contributed by atoms with Gasteiger partial charge in [-0.3, -0.25) is 4.79 Å². The lowest BCUT2D eigenvalue weighted by atomic mass is 9.97. The number of thiophene rings is 1. The van der Waals surface area contributed by atoms with Crippen LogP contribution in [0.3, 0.4) is 0 Å². The van der Waals surface area contributed by atoms with E-state index in [4.69, 9.17) is 14.0 Å². The molecule has 3 heterocycles. The fourth-order valence-corrected chi connectivity index (χ4v) is 4.03. The van der Waals surface area contributed by atoms with E-state index in [2.05, 4.69) is 10.1 Å². The van der Waals surface area contributed by atoms with Gasteiger partial charge in [0.05, 0.1) is 25.0 Å². The molecule has 2 aromatic heterocycles. The molecule has 146 valence electrons. The molecule has 1 atom stereocenters. The molecule has 0 radical (unpaired) electrons. The number of likely N-dealkylation sites (tertiary alicyclic amines) is 1. The van der Waals surface area contributed by atoms with Gasteiger partial charge in [-0.25, -0.2) is 0 Å². The topological polar surface area (TPSA) is 77.7 Å². The molecular weight excluding hydrogens is 378 g/mol. The summed E-state index contributed by atoms with van der Waals surface area (Å²) in [6.07, 6.45) is 1.80. The molecule has 7 nitrogen and oxygen atoms in total. The van der Waals surface area contributed by atoms with Gasteiger partial charge in [0.2, 0.25) is 11.7 Å². The van der Waals surface area contributed by atoms with E-state index in [0.29, 0.717) is 41.9 Å². The molecule has 28 heavy (non-hydrogen) atoms. The highest BCUT2D eigenvalue weighted by molar-refractivity contribution is 7.13. The Morgan fingerprint density at radius 2 is 2.04 bits per heavy atom. The minimum atomic E-state index is -0.0557. The quantitative estimate of drug-likeness (QED) is 0.649. The number of piperidine rings is 1. The van der Waals surface area contributed by atoms with Gasteiger partial charge in [0.1, 0.15) is 11.5 Å². The summed E-state index contributed by atoms with van der Waals surface area (Å²) in [5, 5.41) is 6.08. The number of rotatable bonds is 5. The van der Waals surface area contributed by atoms with Crippen LogP contribution in [0.15, 0.2) is 40.2 Å². The number of benzene rings is 1. The first-order valence-electron chi connectivity index (χ1n) is 9.07. The third-order valence-corrected chi connectivity index (χ3v) is 5.71. The van der Waals surface area contributed by atoms with E-state index in [1.807, 2.05) is 22.4 Å². The van der Waals surface area contributed by atoms with Crippen LogP contribution in [-0.4, -0.2) is 48.3 Å². The molecule has 1 aromatic carbocycles. The first-order chi connectivity index (χ1) is 13.7. The lowest BCUT2D eigenvalue weighted by Gasteiger charge is -2.31. The highest BCUT2D eigenvalue weighted by Gasteiger charge is 2.29. The Kier molecular flexibility index (Phi) is 5.29. The molecule has 4 rings (SSSR count). The Balaban J connectivity index is 1.52. The second-order valence-corrected chi connectivity index (χ2v) is 7.57. The molecule has 1 aliphatic rings. The van der Waals surface area contributed by atoms with Crippen LogP contribution in [0, 0.1) is 0 Å². The number of ether oxygens (including phenoxy) is 2. The predicted octanol–water partition coefficient (Wildman–Crippen LogP) is 3.84. The maximum Gasteiger partial charge on any atom is 0.254 e. The molecule has 1 fully saturated rings. The summed E-state index contributed by atoms with van der Waals surface area (Å²) in [4.78, 5) is 20.4. The van der Waals surface area contributed by atoms with Crippen molar-refractivity contribution in [2.45, 2.75) is 18.8 Å². The van der Waals surface area contributed by atoms with Crippen molar-refractivity contribution in [1.82, 2.24) is 15.0 Å². The van der Waals surface area contributed by atoms with Gasteiger partial charge in [0.15, 0.2) is 0 Å². The number of nitrogens with zero attached hydrogens (tertiary/aromatic N) is 3. The highest BCUT2D eigenvalue weighted by atomic mass is 32.1. The number of aromatic nitrogens is 2. The van der Waals surface area contributed by atoms with E-state index >= 15 is 0 Å². The zero-order chi connectivity index (χ0) is 19.5. The number of carbonyl (C=O) groups excluding carboxylic acids is 1. The van der Waals surface area contributed by atoms with Crippen LogP contribution in [0.4, 0.5) is 0 Å². The zero-order valence-electron chi connectivity index (χ0n) is 15.8. The van der Waals surface area contributed by atoms with E-state index in [1.54, 1.807) is 43.8 Å². The molecule has 1 amide bonds. The summed E-state index contributed by atoms with van der Waals surface area (Å²) >= 11 is 1.57. The summed E-state index contributed by atoms with van der Waals surface area (Å²) in [5.74, 6) is 2.35. The molecule has 0 bridgehead atoms. The molecule has 1 saturated heterocycles. The van der Waals surface area contributed by atoms with E-state index < -0.39 is 0 Å². The largest absolute Gasteiger partial charge is 0.497 e. The first-order valence-corrected chi connectivity index (χ1v) is 9.95. The van der Waals surface area contributed by atoms with E-state index in [1.165, 1.54) is 0 Å². The van der Waals surface area contributed by atoms with Gasteiger partial charge in [-0.15, -0.1) is 11.3 Å². The molecule has 0 N–H and O–H groups in total. The van der Waals surface area contributed by atoms with Crippen LogP contribution in [0.2, 0.25) is 0 Å². The first kappa shape index (κ1) is 18.5. The van der Waals surface area contributed by atoms with Gasteiger partial charge in [-0.1, -0.05) is 11.2 Å². The molecule has 0 aliphatic carbocycles. The van der Waals surface area contributed by atoms with E-state index in [-0.39, 0.29) is 11.8 Å². The van der Waals surface area contributed by atoms with Gasteiger partial charge in [-0.05, 0) is 36.4 Å². The normalized spacial score (nSPS) is 16.8. The minimum Gasteiger partial charge on any atom is -0.497 e. The fourth-order valence-electron chi connectivity index (χ4n) is 3.38. The number of hydrogen-bond donors (Lipinski definition) is 0. The van der Waals surface area contributed by atoms with Crippen LogP contribution in [0.5, 0.6) is 11.5 Å². The molecular formula is C20H21N3O4S. The average Bonchev–Trinajstić information content (AvgIpc) is 3.44. The average molecular weight is 399 g/mol. The Labute approximate surface area is 166 Å². The maximum absolute atomic E-state index is 13.1. The molecule has 1 aliphatic heterocycles. The van der Waals surface area contributed by atoms with Gasteiger partial charge < -0.3 is 18.9 Å². The van der Waals surface area contributed by atoms with Gasteiger partial charge in [-0.2, -0.15) is 4.98 Å². The van der Waals surface area contributed by atoms with Crippen LogP contribution in [-0.2, 0) is 0 Å². The monoisotopic (exact) mass is 399 g/mol. The Morgan fingerprint density at radius 3 is 2.71 bits per heavy atom. The SMILES string of the molecule is COc1cc(OC)cc(C(=O)N2CCC[C@@H](c3nc(-c4cccs4)no3)C2)c1. The van der Waals surface area contributed by atoms with E-state index in [0.717, 1.165) is 17.7 Å². The maximum atomic E-state index is 13.1. The van der Waals surface area contributed by atoms with Crippen molar-refractivity contribution < 1.29 is 18.8 Å². The van der Waals surface area contributed by atoms with Crippen molar-refractivity contribution in [2.24, 2.45) is 0 Å². The summed E-state index contributed by atoms with van der Waals surface area (Å²) < 4.78 is 16.1. The van der Waals surface area contributed by atoms with Crippen LogP contribution >= 0.6 is 11.3 Å². The zero-order valence-corrected chi connectivity index (χ0v) is 16.6. The third-order valence-electron chi connectivity index (χ3n) is 4.84. The standard InChI is InChI=1S/C20H21N3O4S/c1-25-15-9-14(10-16(11-15)26-2)20(24)23-7-3-5-13(12-23)19-21-18(22-27-19)17-6-4-8-28-17/h4,6,8-11,13H,3,5,7,12H2,1-2H3/t13-/m1/s1. The second kappa shape index (κ2) is 8.02.